The Morgan fingerprint density at radius 2 is 1.56 bits per heavy atom. The molecule has 0 saturated carbocycles. The largest absolute Gasteiger partial charge is 0.355 e. The van der Waals surface area contributed by atoms with Gasteiger partial charge in [0.2, 0.25) is 10.9 Å². The van der Waals surface area contributed by atoms with Crippen molar-refractivity contribution in [2.45, 2.75) is 17.5 Å². The molecule has 5 aromatic rings. The van der Waals surface area contributed by atoms with Crippen molar-refractivity contribution in [3.63, 3.8) is 0 Å². The highest BCUT2D eigenvalue weighted by molar-refractivity contribution is 7.99. The van der Waals surface area contributed by atoms with Gasteiger partial charge in [-0.1, -0.05) is 95.9 Å². The molecule has 0 bridgehead atoms. The standard InChI is InChI=1S/C25H22N4OS2/c30-23(17-31-24-27-28-25-29(24)21-13-7-8-14-22(21)32-25)26-16-15-20(18-9-3-1-4-10-18)19-11-5-2-6-12-19/h1-14,20H,15-17H2,(H,26,30). The summed E-state index contributed by atoms with van der Waals surface area (Å²) in [5.41, 5.74) is 3.60. The number of thioether (sulfide) groups is 1. The van der Waals surface area contributed by atoms with E-state index in [1.807, 2.05) is 28.7 Å². The highest BCUT2D eigenvalue weighted by Crippen LogP contribution is 2.30. The first kappa shape index (κ1) is 20.7. The van der Waals surface area contributed by atoms with Crippen molar-refractivity contribution in [2.24, 2.45) is 0 Å². The number of carbonyl (C=O) groups is 1. The minimum Gasteiger partial charge on any atom is -0.355 e. The van der Waals surface area contributed by atoms with Crippen LogP contribution in [0.5, 0.6) is 0 Å². The number of benzene rings is 3. The van der Waals surface area contributed by atoms with Crippen LogP contribution < -0.4 is 5.32 Å². The van der Waals surface area contributed by atoms with E-state index < -0.39 is 0 Å². The van der Waals surface area contributed by atoms with E-state index in [1.165, 1.54) is 22.9 Å². The Morgan fingerprint density at radius 3 is 2.28 bits per heavy atom. The second-order valence-electron chi connectivity index (χ2n) is 7.47. The molecule has 2 heterocycles. The molecule has 2 aromatic heterocycles. The monoisotopic (exact) mass is 458 g/mol. The van der Waals surface area contributed by atoms with Crippen LogP contribution in [0.2, 0.25) is 0 Å². The molecule has 0 saturated heterocycles. The number of rotatable bonds is 8. The van der Waals surface area contributed by atoms with E-state index in [2.05, 4.69) is 76.2 Å². The van der Waals surface area contributed by atoms with Crippen LogP contribution in [-0.4, -0.2) is 32.8 Å². The lowest BCUT2D eigenvalue weighted by molar-refractivity contribution is -0.118. The summed E-state index contributed by atoms with van der Waals surface area (Å²) < 4.78 is 3.19. The van der Waals surface area contributed by atoms with Crippen LogP contribution in [-0.2, 0) is 4.79 Å². The maximum Gasteiger partial charge on any atom is 0.230 e. The van der Waals surface area contributed by atoms with E-state index in [0.29, 0.717) is 12.3 Å². The number of amides is 1. The van der Waals surface area contributed by atoms with Gasteiger partial charge in [0.25, 0.3) is 0 Å². The van der Waals surface area contributed by atoms with Crippen molar-refractivity contribution >= 4 is 44.2 Å². The molecule has 3 aromatic carbocycles. The van der Waals surface area contributed by atoms with Crippen LogP contribution in [0, 0.1) is 0 Å². The third-order valence-electron chi connectivity index (χ3n) is 5.40. The fourth-order valence-electron chi connectivity index (χ4n) is 3.88. The smallest absolute Gasteiger partial charge is 0.230 e. The summed E-state index contributed by atoms with van der Waals surface area (Å²) in [6.45, 7) is 0.616. The fraction of sp³-hybridized carbons (Fsp3) is 0.160. The third-order valence-corrected chi connectivity index (χ3v) is 7.34. The van der Waals surface area contributed by atoms with Crippen LogP contribution in [0.15, 0.2) is 90.1 Å². The molecule has 5 rings (SSSR count). The number of nitrogens with one attached hydrogen (secondary N) is 1. The minimum atomic E-state index is 0.00570. The first-order valence-electron chi connectivity index (χ1n) is 10.5. The second kappa shape index (κ2) is 9.54. The van der Waals surface area contributed by atoms with Crippen molar-refractivity contribution in [3.05, 3.63) is 96.1 Å². The summed E-state index contributed by atoms with van der Waals surface area (Å²) in [6, 6.07) is 29.1. The maximum atomic E-state index is 12.5. The Hall–Kier alpha value is -3.16. The molecule has 0 radical (unpaired) electrons. The van der Waals surface area contributed by atoms with E-state index in [0.717, 1.165) is 26.8 Å². The van der Waals surface area contributed by atoms with Crippen LogP contribution in [0.25, 0.3) is 15.2 Å². The number of fused-ring (bicyclic) bond motifs is 3. The highest BCUT2D eigenvalue weighted by atomic mass is 32.2. The molecule has 0 unspecified atom stereocenters. The zero-order chi connectivity index (χ0) is 21.8. The van der Waals surface area contributed by atoms with E-state index in [4.69, 9.17) is 0 Å². The molecular formula is C25H22N4OS2. The Morgan fingerprint density at radius 1 is 0.906 bits per heavy atom. The molecule has 0 fully saturated rings. The van der Waals surface area contributed by atoms with Crippen LogP contribution in [0.3, 0.4) is 0 Å². The van der Waals surface area contributed by atoms with Gasteiger partial charge in [0.05, 0.1) is 16.0 Å². The van der Waals surface area contributed by atoms with Gasteiger partial charge in [0.15, 0.2) is 5.16 Å². The SMILES string of the molecule is O=C(CSc1nnc2sc3ccccc3n12)NCCC(c1ccccc1)c1ccccc1. The molecule has 32 heavy (non-hydrogen) atoms. The van der Waals surface area contributed by atoms with Crippen molar-refractivity contribution in [1.82, 2.24) is 19.9 Å². The van der Waals surface area contributed by atoms with E-state index >= 15 is 0 Å². The lowest BCUT2D eigenvalue weighted by Gasteiger charge is -2.18. The molecular weight excluding hydrogens is 436 g/mol. The number of hydrogen-bond donors (Lipinski definition) is 1. The van der Waals surface area contributed by atoms with Gasteiger partial charge in [-0.15, -0.1) is 10.2 Å². The molecule has 0 spiro atoms. The third kappa shape index (κ3) is 4.40. The highest BCUT2D eigenvalue weighted by Gasteiger charge is 2.16. The minimum absolute atomic E-state index is 0.00570. The summed E-state index contributed by atoms with van der Waals surface area (Å²) in [7, 11) is 0. The molecule has 1 amide bonds. The molecule has 1 N–H and O–H groups in total. The van der Waals surface area contributed by atoms with Gasteiger partial charge in [-0.3, -0.25) is 9.20 Å². The average molecular weight is 459 g/mol. The Labute approximate surface area is 194 Å². The predicted octanol–water partition coefficient (Wildman–Crippen LogP) is 5.37. The van der Waals surface area contributed by atoms with Crippen LogP contribution in [0.4, 0.5) is 0 Å². The van der Waals surface area contributed by atoms with E-state index in [9.17, 15) is 4.79 Å². The van der Waals surface area contributed by atoms with Gasteiger partial charge in [0, 0.05) is 12.5 Å². The zero-order valence-corrected chi connectivity index (χ0v) is 19.0. The van der Waals surface area contributed by atoms with Crippen LogP contribution >= 0.6 is 23.1 Å². The first-order chi connectivity index (χ1) is 15.8. The number of thiazole rings is 1. The molecule has 5 nitrogen and oxygen atoms in total. The number of carbonyl (C=O) groups excluding carboxylic acids is 1. The van der Waals surface area contributed by atoms with Crippen LogP contribution in [0.1, 0.15) is 23.5 Å². The Balaban J connectivity index is 1.21. The summed E-state index contributed by atoms with van der Waals surface area (Å²) in [5.74, 6) is 0.566. The average Bonchev–Trinajstić information content (AvgIpc) is 3.41. The lowest BCUT2D eigenvalue weighted by Crippen LogP contribution is -2.27. The fourth-order valence-corrected chi connectivity index (χ4v) is 5.68. The summed E-state index contributed by atoms with van der Waals surface area (Å²) >= 11 is 3.02. The number of hydrogen-bond acceptors (Lipinski definition) is 5. The van der Waals surface area contributed by atoms with Gasteiger partial charge in [0.1, 0.15) is 0 Å². The van der Waals surface area contributed by atoms with E-state index in [1.54, 1.807) is 11.3 Å². The van der Waals surface area contributed by atoms with Gasteiger partial charge < -0.3 is 5.32 Å². The molecule has 0 aliphatic carbocycles. The van der Waals surface area contributed by atoms with Gasteiger partial charge >= 0.3 is 0 Å². The second-order valence-corrected chi connectivity index (χ2v) is 9.42. The quantitative estimate of drug-likeness (QED) is 0.317. The molecule has 160 valence electrons. The molecule has 0 aliphatic rings. The summed E-state index contributed by atoms with van der Waals surface area (Å²) in [4.78, 5) is 13.4. The van der Waals surface area contributed by atoms with E-state index in [-0.39, 0.29) is 11.8 Å². The zero-order valence-electron chi connectivity index (χ0n) is 17.3. The molecule has 0 atom stereocenters. The summed E-state index contributed by atoms with van der Waals surface area (Å²) in [5, 5.41) is 12.4. The van der Waals surface area contributed by atoms with Crippen molar-refractivity contribution in [3.8, 4) is 0 Å². The Kier molecular flexibility index (Phi) is 6.18. The van der Waals surface area contributed by atoms with Crippen molar-refractivity contribution < 1.29 is 4.79 Å². The number of aromatic nitrogens is 3. The first-order valence-corrected chi connectivity index (χ1v) is 12.3. The normalized spacial score (nSPS) is 11.4. The molecule has 0 aliphatic heterocycles. The summed E-state index contributed by atoms with van der Waals surface area (Å²) in [6.07, 6.45) is 0.842. The molecule has 7 heteroatoms. The van der Waals surface area contributed by atoms with Gasteiger partial charge in [-0.25, -0.2) is 0 Å². The number of para-hydroxylation sites is 1. The van der Waals surface area contributed by atoms with Gasteiger partial charge in [-0.05, 0) is 29.7 Å². The van der Waals surface area contributed by atoms with Gasteiger partial charge in [-0.2, -0.15) is 0 Å². The predicted molar refractivity (Wildman–Crippen MR) is 131 cm³/mol. The Bertz CT molecular complexity index is 1290. The number of nitrogens with zero attached hydrogens (tertiary/aromatic N) is 3. The topological polar surface area (TPSA) is 59.3 Å². The van der Waals surface area contributed by atoms with Crippen molar-refractivity contribution in [2.75, 3.05) is 12.3 Å². The maximum absolute atomic E-state index is 12.5. The lowest BCUT2D eigenvalue weighted by atomic mass is 9.88. The van der Waals surface area contributed by atoms with Crippen molar-refractivity contribution in [1.29, 1.82) is 0 Å².